The first-order chi connectivity index (χ1) is 8.31. The lowest BCUT2D eigenvalue weighted by Gasteiger charge is -2.18. The van der Waals surface area contributed by atoms with Crippen molar-refractivity contribution in [3.05, 3.63) is 35.9 Å². The molecular weight excluding hydrogens is 216 g/mol. The van der Waals surface area contributed by atoms with Crippen LogP contribution in [-0.4, -0.2) is 30.7 Å². The van der Waals surface area contributed by atoms with E-state index >= 15 is 0 Å². The number of amides is 1. The third-order valence-electron chi connectivity index (χ3n) is 3.13. The monoisotopic (exact) mass is 234 g/mol. The Balaban J connectivity index is 1.97. The second-order valence-corrected chi connectivity index (χ2v) is 4.34. The van der Waals surface area contributed by atoms with Gasteiger partial charge in [0.1, 0.15) is 0 Å². The van der Waals surface area contributed by atoms with E-state index < -0.39 is 0 Å². The van der Waals surface area contributed by atoms with Crippen molar-refractivity contribution in [3.8, 4) is 0 Å². The van der Waals surface area contributed by atoms with Gasteiger partial charge in [0.15, 0.2) is 0 Å². The summed E-state index contributed by atoms with van der Waals surface area (Å²) in [6.07, 6.45) is 0.874. The van der Waals surface area contributed by atoms with Crippen molar-refractivity contribution in [1.82, 2.24) is 10.6 Å². The molecule has 1 aromatic carbocycles. The molecule has 0 radical (unpaired) electrons. The highest BCUT2D eigenvalue weighted by Crippen LogP contribution is 2.14. The molecule has 1 saturated heterocycles. The van der Waals surface area contributed by atoms with Crippen LogP contribution in [0, 0.1) is 5.92 Å². The molecule has 4 heteroatoms. The number of benzene rings is 1. The molecule has 1 aliphatic rings. The number of nitrogens with one attached hydrogen (secondary N) is 2. The fourth-order valence-corrected chi connectivity index (χ4v) is 2.09. The predicted molar refractivity (Wildman–Crippen MR) is 65.4 cm³/mol. The van der Waals surface area contributed by atoms with Gasteiger partial charge in [-0.15, -0.1) is 0 Å². The minimum absolute atomic E-state index is 0.0258. The summed E-state index contributed by atoms with van der Waals surface area (Å²) in [6, 6.07) is 9.25. The van der Waals surface area contributed by atoms with Crippen molar-refractivity contribution in [2.24, 2.45) is 5.92 Å². The molecule has 4 nitrogen and oxygen atoms in total. The minimum Gasteiger partial charge on any atom is -0.394 e. The number of carbonyl (C=O) groups is 1. The van der Waals surface area contributed by atoms with E-state index in [0.717, 1.165) is 25.1 Å². The standard InChI is InChI=1S/C13H18N2O2/c16-9-12(10-4-2-1-3-5-10)15-13(17)11-6-7-14-8-11/h1-5,11-12,14,16H,6-9H2,(H,15,17)/t11?,12-/m0/s1. The van der Waals surface area contributed by atoms with Crippen molar-refractivity contribution < 1.29 is 9.90 Å². The zero-order valence-corrected chi connectivity index (χ0v) is 9.73. The molecule has 3 N–H and O–H groups in total. The van der Waals surface area contributed by atoms with E-state index in [1.807, 2.05) is 30.3 Å². The zero-order valence-electron chi connectivity index (χ0n) is 9.73. The fraction of sp³-hybridized carbons (Fsp3) is 0.462. The first-order valence-electron chi connectivity index (χ1n) is 5.98. The molecular formula is C13H18N2O2. The van der Waals surface area contributed by atoms with E-state index in [2.05, 4.69) is 10.6 Å². The van der Waals surface area contributed by atoms with Gasteiger partial charge in [0.2, 0.25) is 5.91 Å². The molecule has 92 valence electrons. The van der Waals surface area contributed by atoms with Gasteiger partial charge in [0.05, 0.1) is 18.6 Å². The maximum Gasteiger partial charge on any atom is 0.225 e. The number of aliphatic hydroxyl groups excluding tert-OH is 1. The van der Waals surface area contributed by atoms with Crippen LogP contribution in [0.15, 0.2) is 30.3 Å². The normalized spacial score (nSPS) is 21.1. The summed E-state index contributed by atoms with van der Waals surface area (Å²) in [4.78, 5) is 11.9. The summed E-state index contributed by atoms with van der Waals surface area (Å²) in [5.41, 5.74) is 0.939. The Morgan fingerprint density at radius 3 is 2.82 bits per heavy atom. The molecule has 0 saturated carbocycles. The Morgan fingerprint density at radius 2 is 2.24 bits per heavy atom. The van der Waals surface area contributed by atoms with Crippen molar-refractivity contribution in [3.63, 3.8) is 0 Å². The Morgan fingerprint density at radius 1 is 1.47 bits per heavy atom. The first kappa shape index (κ1) is 12.1. The van der Waals surface area contributed by atoms with Crippen LogP contribution >= 0.6 is 0 Å². The minimum atomic E-state index is -0.302. The SMILES string of the molecule is O=C(N[C@@H](CO)c1ccccc1)C1CCNC1. The van der Waals surface area contributed by atoms with Crippen LogP contribution in [0.4, 0.5) is 0 Å². The summed E-state index contributed by atoms with van der Waals surface area (Å²) in [5, 5.41) is 15.4. The average molecular weight is 234 g/mol. The fourth-order valence-electron chi connectivity index (χ4n) is 2.09. The second kappa shape index (κ2) is 5.80. The van der Waals surface area contributed by atoms with E-state index in [4.69, 9.17) is 0 Å². The molecule has 2 rings (SSSR count). The van der Waals surface area contributed by atoms with Crippen LogP contribution in [-0.2, 0) is 4.79 Å². The van der Waals surface area contributed by atoms with Gasteiger partial charge in [0.25, 0.3) is 0 Å². The molecule has 0 spiro atoms. The van der Waals surface area contributed by atoms with Gasteiger partial charge in [-0.25, -0.2) is 0 Å². The Kier molecular flexibility index (Phi) is 4.12. The quantitative estimate of drug-likeness (QED) is 0.708. The number of carbonyl (C=O) groups excluding carboxylic acids is 1. The Bertz CT molecular complexity index is 361. The van der Waals surface area contributed by atoms with Crippen molar-refractivity contribution in [2.45, 2.75) is 12.5 Å². The highest BCUT2D eigenvalue weighted by molar-refractivity contribution is 5.79. The average Bonchev–Trinajstić information content (AvgIpc) is 2.90. The molecule has 1 amide bonds. The molecule has 1 heterocycles. The summed E-state index contributed by atoms with van der Waals surface area (Å²) in [7, 11) is 0. The van der Waals surface area contributed by atoms with E-state index in [0.29, 0.717) is 0 Å². The summed E-state index contributed by atoms with van der Waals surface area (Å²) < 4.78 is 0. The van der Waals surface area contributed by atoms with Gasteiger partial charge < -0.3 is 15.7 Å². The predicted octanol–water partition coefficient (Wildman–Crippen LogP) is 0.446. The summed E-state index contributed by atoms with van der Waals surface area (Å²) >= 11 is 0. The van der Waals surface area contributed by atoms with E-state index in [9.17, 15) is 9.90 Å². The molecule has 1 unspecified atom stereocenters. The first-order valence-corrected chi connectivity index (χ1v) is 5.98. The number of rotatable bonds is 4. The van der Waals surface area contributed by atoms with Crippen LogP contribution in [0.25, 0.3) is 0 Å². The molecule has 0 bridgehead atoms. The third-order valence-corrected chi connectivity index (χ3v) is 3.13. The van der Waals surface area contributed by atoms with Crippen molar-refractivity contribution in [2.75, 3.05) is 19.7 Å². The lowest BCUT2D eigenvalue weighted by atomic mass is 10.0. The zero-order chi connectivity index (χ0) is 12.1. The maximum absolute atomic E-state index is 11.9. The highest BCUT2D eigenvalue weighted by Gasteiger charge is 2.24. The molecule has 1 fully saturated rings. The van der Waals surface area contributed by atoms with Gasteiger partial charge in [-0.2, -0.15) is 0 Å². The molecule has 2 atom stereocenters. The molecule has 17 heavy (non-hydrogen) atoms. The number of hydrogen-bond donors (Lipinski definition) is 3. The van der Waals surface area contributed by atoms with E-state index in [1.165, 1.54) is 0 Å². The van der Waals surface area contributed by atoms with Gasteiger partial charge in [0, 0.05) is 6.54 Å². The number of hydrogen-bond acceptors (Lipinski definition) is 3. The van der Waals surface area contributed by atoms with Crippen LogP contribution in [0.2, 0.25) is 0 Å². The van der Waals surface area contributed by atoms with Crippen molar-refractivity contribution in [1.29, 1.82) is 0 Å². The van der Waals surface area contributed by atoms with Crippen LogP contribution in [0.1, 0.15) is 18.0 Å². The van der Waals surface area contributed by atoms with E-state index in [-0.39, 0.29) is 24.5 Å². The Hall–Kier alpha value is -1.39. The second-order valence-electron chi connectivity index (χ2n) is 4.34. The Labute approximate surface area is 101 Å². The number of aliphatic hydroxyl groups is 1. The van der Waals surface area contributed by atoms with Gasteiger partial charge in [-0.1, -0.05) is 30.3 Å². The van der Waals surface area contributed by atoms with Gasteiger partial charge in [-0.3, -0.25) is 4.79 Å². The summed E-state index contributed by atoms with van der Waals surface area (Å²) in [5.74, 6) is 0.0608. The largest absolute Gasteiger partial charge is 0.394 e. The molecule has 1 aromatic rings. The smallest absolute Gasteiger partial charge is 0.225 e. The topological polar surface area (TPSA) is 61.4 Å². The molecule has 1 aliphatic heterocycles. The molecule has 0 aromatic heterocycles. The van der Waals surface area contributed by atoms with Gasteiger partial charge >= 0.3 is 0 Å². The van der Waals surface area contributed by atoms with Crippen molar-refractivity contribution >= 4 is 5.91 Å². The van der Waals surface area contributed by atoms with Crippen LogP contribution < -0.4 is 10.6 Å². The lowest BCUT2D eigenvalue weighted by molar-refractivity contribution is -0.125. The summed E-state index contributed by atoms with van der Waals surface area (Å²) in [6.45, 7) is 1.56. The lowest BCUT2D eigenvalue weighted by Crippen LogP contribution is -2.36. The van der Waals surface area contributed by atoms with Crippen LogP contribution in [0.5, 0.6) is 0 Å². The highest BCUT2D eigenvalue weighted by atomic mass is 16.3. The van der Waals surface area contributed by atoms with Gasteiger partial charge in [-0.05, 0) is 18.5 Å². The van der Waals surface area contributed by atoms with E-state index in [1.54, 1.807) is 0 Å². The molecule has 0 aliphatic carbocycles. The van der Waals surface area contributed by atoms with Crippen LogP contribution in [0.3, 0.4) is 0 Å². The third kappa shape index (κ3) is 3.05. The maximum atomic E-state index is 11.9.